The normalized spacial score (nSPS) is 13.3. The van der Waals surface area contributed by atoms with E-state index in [-0.39, 0.29) is 23.7 Å². The molecule has 1 fully saturated rings. The van der Waals surface area contributed by atoms with Gasteiger partial charge < -0.3 is 15.7 Å². The molecule has 3 N–H and O–H groups in total. The fourth-order valence-corrected chi connectivity index (χ4v) is 3.19. The Balaban J connectivity index is 1.64. The monoisotopic (exact) mass is 405 g/mol. The maximum Gasteiger partial charge on any atom is 0.342 e. The number of hydrogen-bond donors (Lipinski definition) is 3. The van der Waals surface area contributed by atoms with Crippen LogP contribution in [0.15, 0.2) is 48.8 Å². The molecule has 2 aromatic heterocycles. The molecule has 0 bridgehead atoms. The van der Waals surface area contributed by atoms with Gasteiger partial charge in [-0.1, -0.05) is 0 Å². The number of phenols is 1. The van der Waals surface area contributed by atoms with Crippen molar-refractivity contribution in [3.05, 3.63) is 60.0 Å². The number of hydrogen-bond acceptors (Lipinski definition) is 5. The summed E-state index contributed by atoms with van der Waals surface area (Å²) in [5.41, 5.74) is 2.74. The molecule has 0 spiro atoms. The van der Waals surface area contributed by atoms with E-state index < -0.39 is 0 Å². The number of aromatic nitrogens is 3. The number of amides is 2. The lowest BCUT2D eigenvalue weighted by Gasteiger charge is -2.10. The zero-order valence-corrected chi connectivity index (χ0v) is 16.8. The second kappa shape index (κ2) is 7.98. The number of phenolic OH excluding ortho intramolecular Hbond substituents is 1. The molecule has 1 aliphatic carbocycles. The summed E-state index contributed by atoms with van der Waals surface area (Å²) in [5.74, 6) is 0.0311. The Morgan fingerprint density at radius 1 is 1.13 bits per heavy atom. The van der Waals surface area contributed by atoms with E-state index in [4.69, 9.17) is 0 Å². The number of nitrogens with zero attached hydrogens (tertiary/aromatic N) is 3. The molecule has 1 saturated carbocycles. The Morgan fingerprint density at radius 3 is 2.53 bits per heavy atom. The van der Waals surface area contributed by atoms with Gasteiger partial charge in [0, 0.05) is 41.2 Å². The highest BCUT2D eigenvalue weighted by Gasteiger charge is 2.31. The molecule has 0 unspecified atom stereocenters. The van der Waals surface area contributed by atoms with Crippen LogP contribution in [0.2, 0.25) is 0 Å². The van der Waals surface area contributed by atoms with Gasteiger partial charge in [-0.25, -0.2) is 4.79 Å². The molecule has 0 aliphatic heterocycles. The third-order valence-electron chi connectivity index (χ3n) is 4.81. The molecule has 8 heteroatoms. The molecule has 2 amide bonds. The van der Waals surface area contributed by atoms with Crippen molar-refractivity contribution < 1.29 is 14.7 Å². The number of pyridine rings is 1. The van der Waals surface area contributed by atoms with Crippen molar-refractivity contribution in [2.45, 2.75) is 38.6 Å². The number of rotatable bonds is 5. The van der Waals surface area contributed by atoms with Crippen LogP contribution in [0.3, 0.4) is 0 Å². The van der Waals surface area contributed by atoms with Gasteiger partial charge in [-0.3, -0.25) is 9.78 Å². The summed E-state index contributed by atoms with van der Waals surface area (Å²) >= 11 is 0. The summed E-state index contributed by atoms with van der Waals surface area (Å²) in [6.07, 6.45) is 5.11. The van der Waals surface area contributed by atoms with Crippen LogP contribution in [0.5, 0.6) is 5.75 Å². The minimum absolute atomic E-state index is 0.0164. The SMILES string of the molecule is CC(C)NC(=O)n1nc(-c2cc(NC(=O)c3ccncc3)ccc2O)cc1C1CC1. The standard InChI is InChI=1S/C22H23N5O3/c1-13(2)24-22(30)27-19(14-3-4-14)12-18(26-27)17-11-16(5-6-20(17)28)25-21(29)15-7-9-23-10-8-15/h5-14,28H,3-4H2,1-2H3,(H,24,30)(H,25,29). The highest BCUT2D eigenvalue weighted by molar-refractivity contribution is 6.04. The van der Waals surface area contributed by atoms with Gasteiger partial charge in [0.2, 0.25) is 0 Å². The largest absolute Gasteiger partial charge is 0.507 e. The number of nitrogens with one attached hydrogen (secondary N) is 2. The Hall–Kier alpha value is -3.68. The van der Waals surface area contributed by atoms with E-state index in [2.05, 4.69) is 20.7 Å². The van der Waals surface area contributed by atoms with Gasteiger partial charge in [-0.2, -0.15) is 9.78 Å². The molecule has 30 heavy (non-hydrogen) atoms. The summed E-state index contributed by atoms with van der Waals surface area (Å²) in [4.78, 5) is 28.9. The van der Waals surface area contributed by atoms with Crippen LogP contribution in [0.25, 0.3) is 11.3 Å². The van der Waals surface area contributed by atoms with Gasteiger partial charge in [-0.15, -0.1) is 0 Å². The van der Waals surface area contributed by atoms with E-state index >= 15 is 0 Å². The van der Waals surface area contributed by atoms with Crippen molar-refractivity contribution in [1.82, 2.24) is 20.1 Å². The first-order chi connectivity index (χ1) is 14.4. The lowest BCUT2D eigenvalue weighted by atomic mass is 10.1. The smallest absolute Gasteiger partial charge is 0.342 e. The Kier molecular flexibility index (Phi) is 5.22. The van der Waals surface area contributed by atoms with Gasteiger partial charge in [-0.05, 0) is 63.1 Å². The number of carbonyl (C=O) groups is 2. The molecule has 154 valence electrons. The van der Waals surface area contributed by atoms with Gasteiger partial charge in [0.15, 0.2) is 0 Å². The van der Waals surface area contributed by atoms with Crippen LogP contribution in [0.1, 0.15) is 48.7 Å². The average molecular weight is 405 g/mol. The first-order valence-corrected chi connectivity index (χ1v) is 9.88. The van der Waals surface area contributed by atoms with Gasteiger partial charge in [0.25, 0.3) is 5.91 Å². The third-order valence-corrected chi connectivity index (χ3v) is 4.81. The van der Waals surface area contributed by atoms with Crippen LogP contribution >= 0.6 is 0 Å². The molecule has 0 atom stereocenters. The van der Waals surface area contributed by atoms with E-state index in [0.717, 1.165) is 18.5 Å². The van der Waals surface area contributed by atoms with Crippen LogP contribution in [0.4, 0.5) is 10.5 Å². The summed E-state index contributed by atoms with van der Waals surface area (Å²) in [6, 6.07) is 9.53. The quantitative estimate of drug-likeness (QED) is 0.560. The average Bonchev–Trinajstić information content (AvgIpc) is 3.48. The van der Waals surface area contributed by atoms with Crippen LogP contribution in [-0.2, 0) is 0 Å². The maximum atomic E-state index is 12.6. The zero-order chi connectivity index (χ0) is 21.3. The van der Waals surface area contributed by atoms with E-state index in [9.17, 15) is 14.7 Å². The summed E-state index contributed by atoms with van der Waals surface area (Å²) < 4.78 is 1.38. The van der Waals surface area contributed by atoms with Crippen molar-refractivity contribution >= 4 is 17.6 Å². The molecule has 3 aromatic rings. The highest BCUT2D eigenvalue weighted by Crippen LogP contribution is 2.42. The molecule has 8 nitrogen and oxygen atoms in total. The molecule has 1 aromatic carbocycles. The van der Waals surface area contributed by atoms with Crippen molar-refractivity contribution in [1.29, 1.82) is 0 Å². The van der Waals surface area contributed by atoms with Crippen molar-refractivity contribution in [3.63, 3.8) is 0 Å². The van der Waals surface area contributed by atoms with Crippen molar-refractivity contribution in [2.75, 3.05) is 5.32 Å². The highest BCUT2D eigenvalue weighted by atomic mass is 16.3. The zero-order valence-electron chi connectivity index (χ0n) is 16.8. The van der Waals surface area contributed by atoms with Crippen LogP contribution in [0, 0.1) is 0 Å². The lowest BCUT2D eigenvalue weighted by Crippen LogP contribution is -2.35. The van der Waals surface area contributed by atoms with Crippen molar-refractivity contribution in [2.24, 2.45) is 0 Å². The minimum Gasteiger partial charge on any atom is -0.507 e. The fraction of sp³-hybridized carbons (Fsp3) is 0.273. The Morgan fingerprint density at radius 2 is 1.87 bits per heavy atom. The number of carbonyl (C=O) groups excluding carboxylic acids is 2. The molecule has 0 radical (unpaired) electrons. The summed E-state index contributed by atoms with van der Waals surface area (Å²) in [7, 11) is 0. The predicted molar refractivity (Wildman–Crippen MR) is 113 cm³/mol. The second-order valence-electron chi connectivity index (χ2n) is 7.67. The molecular formula is C22H23N5O3. The molecule has 0 saturated heterocycles. The molecular weight excluding hydrogens is 382 g/mol. The summed E-state index contributed by atoms with van der Waals surface area (Å²) in [6.45, 7) is 3.78. The van der Waals surface area contributed by atoms with E-state index in [1.807, 2.05) is 19.9 Å². The van der Waals surface area contributed by atoms with Gasteiger partial charge in [0.1, 0.15) is 5.75 Å². The van der Waals surface area contributed by atoms with E-state index in [1.165, 1.54) is 10.7 Å². The van der Waals surface area contributed by atoms with Gasteiger partial charge in [0.05, 0.1) is 11.4 Å². The fourth-order valence-electron chi connectivity index (χ4n) is 3.19. The third kappa shape index (κ3) is 4.17. The number of aromatic hydroxyl groups is 1. The lowest BCUT2D eigenvalue weighted by molar-refractivity contribution is 0.102. The van der Waals surface area contributed by atoms with Crippen LogP contribution in [-0.4, -0.2) is 37.9 Å². The molecule has 2 heterocycles. The Labute approximate surface area is 174 Å². The Bertz CT molecular complexity index is 1090. The first-order valence-electron chi connectivity index (χ1n) is 9.88. The minimum atomic E-state index is -0.292. The molecule has 1 aliphatic rings. The second-order valence-corrected chi connectivity index (χ2v) is 7.67. The number of benzene rings is 1. The first kappa shape index (κ1) is 19.6. The maximum absolute atomic E-state index is 12.6. The van der Waals surface area contributed by atoms with Crippen molar-refractivity contribution in [3.8, 4) is 17.0 Å². The number of anilines is 1. The summed E-state index contributed by atoms with van der Waals surface area (Å²) in [5, 5.41) is 20.5. The molecule has 4 rings (SSSR count). The van der Waals surface area contributed by atoms with Gasteiger partial charge >= 0.3 is 6.03 Å². The van der Waals surface area contributed by atoms with Crippen LogP contribution < -0.4 is 10.6 Å². The predicted octanol–water partition coefficient (Wildman–Crippen LogP) is 3.75. The van der Waals surface area contributed by atoms with E-state index in [1.54, 1.807) is 36.7 Å². The topological polar surface area (TPSA) is 109 Å². The van der Waals surface area contributed by atoms with E-state index in [0.29, 0.717) is 28.4 Å².